The molecule has 9 aliphatic rings. The molecule has 0 radical (unpaired) electrons. The van der Waals surface area contributed by atoms with E-state index in [1.807, 2.05) is 0 Å². The van der Waals surface area contributed by atoms with Gasteiger partial charge in [0, 0.05) is 34.6 Å². The van der Waals surface area contributed by atoms with E-state index in [9.17, 15) is 141 Å². The lowest BCUT2D eigenvalue weighted by atomic mass is 9.93. The molecule has 9 saturated heterocycles. The molecular formula is C64H107N5O45. The third-order valence-corrected chi connectivity index (χ3v) is 20.7. The highest BCUT2D eigenvalue weighted by atomic mass is 16.8. The van der Waals surface area contributed by atoms with Gasteiger partial charge in [0.25, 0.3) is 0 Å². The predicted octanol–water partition coefficient (Wildman–Crippen LogP) is -18.9. The van der Waals surface area contributed by atoms with Crippen molar-refractivity contribution in [2.45, 2.75) is 318 Å². The third-order valence-electron chi connectivity index (χ3n) is 20.7. The number of hydrogen-bond acceptors (Lipinski definition) is 45. The van der Waals surface area contributed by atoms with Crippen LogP contribution < -0.4 is 26.6 Å². The monoisotopic (exact) mass is 1670 g/mol. The fraction of sp³-hybridized carbons (Fsp3) is 0.922. The maximum atomic E-state index is 13.3. The standard InChI is InChI=1S/C64H107N5O45/c1-15-34(81)45(92)48(95)61(100-15)98-13-27-51(43(90)29(56(97)101-27)65-16(2)76)109-60-33(69-20(6)80)44(91)50(26(12-75)107-60)110-62-49(96)53(112-64-55(47(94)39(86)25(11-74)106-64)114-59-32(68-19(5)79)42(89)37(84)23(9-72)104-59)52(111-57-30(66-17(3)77)40(87)35(82)21(7-70)102-57)28(108-62)14-99-63-54(46(93)38(85)24(10-73)105-63)113-58-31(67-18(4)78)41(88)36(83)22(8-71)103-58/h15,21-64,70-75,81-97H,7-14H2,1-6H3,(H,65,76)(H,66,77)(H,67,78)(H,68,79)(H,69,80)/t15-,21+,22+,23+,24+,25+,26+,27+,28+,29+,30+,31+,32+,33+,34+,35+,36+,37+,38+,39+,40+,41+,42+,43+,44+,45+,46-,47-,48-,49-,50+,51+,52+,53+,54-,55-,56+,57-,58-,59-,60-,61+,62-,63-,64-/m0/s1. The Morgan fingerprint density at radius 3 is 0.947 bits per heavy atom. The first-order valence-corrected chi connectivity index (χ1v) is 36.5. The lowest BCUT2D eigenvalue weighted by molar-refractivity contribution is -0.407. The molecule has 5 amide bonds. The molecule has 658 valence electrons. The van der Waals surface area contributed by atoms with Gasteiger partial charge in [0.1, 0.15) is 213 Å². The minimum Gasteiger partial charge on any atom is -0.394 e. The minimum absolute atomic E-state index is 0.845. The summed E-state index contributed by atoms with van der Waals surface area (Å²) in [6, 6.07) is -9.44. The smallest absolute Gasteiger partial charge is 0.217 e. The Balaban J connectivity index is 1.16. The van der Waals surface area contributed by atoms with E-state index in [2.05, 4.69) is 26.6 Å². The second kappa shape index (κ2) is 40.9. The van der Waals surface area contributed by atoms with E-state index in [0.717, 1.165) is 34.6 Å². The number of rotatable bonds is 29. The van der Waals surface area contributed by atoms with Crippen LogP contribution in [0.4, 0.5) is 0 Å². The summed E-state index contributed by atoms with van der Waals surface area (Å²) >= 11 is 0. The summed E-state index contributed by atoms with van der Waals surface area (Å²) in [6.45, 7) is -2.88. The Hall–Kier alpha value is -4.25. The summed E-state index contributed by atoms with van der Waals surface area (Å²) in [7, 11) is 0. The van der Waals surface area contributed by atoms with E-state index in [1.54, 1.807) is 0 Å². The molecule has 0 aromatic heterocycles. The summed E-state index contributed by atoms with van der Waals surface area (Å²) in [4.78, 5) is 64.1. The van der Waals surface area contributed by atoms with Gasteiger partial charge >= 0.3 is 0 Å². The number of amides is 5. The topological polar surface area (TPSA) is 768 Å². The van der Waals surface area contributed by atoms with Crippen molar-refractivity contribution >= 4 is 29.5 Å². The van der Waals surface area contributed by atoms with Crippen LogP contribution in [0.5, 0.6) is 0 Å². The van der Waals surface area contributed by atoms with Crippen LogP contribution in [-0.2, 0) is 104 Å². The molecule has 28 N–H and O–H groups in total. The number of hydrogen-bond donors (Lipinski definition) is 28. The van der Waals surface area contributed by atoms with Gasteiger partial charge in [0.2, 0.25) is 29.5 Å². The van der Waals surface area contributed by atoms with Crippen molar-refractivity contribution in [2.75, 3.05) is 52.9 Å². The van der Waals surface area contributed by atoms with Gasteiger partial charge in [0.15, 0.2) is 56.6 Å². The Morgan fingerprint density at radius 1 is 0.246 bits per heavy atom. The number of ether oxygens (including phenoxy) is 17. The highest BCUT2D eigenvalue weighted by Gasteiger charge is 2.61. The fourth-order valence-corrected chi connectivity index (χ4v) is 14.7. The third kappa shape index (κ3) is 21.0. The maximum absolute atomic E-state index is 13.3. The van der Waals surface area contributed by atoms with Crippen LogP contribution in [0.15, 0.2) is 0 Å². The Morgan fingerprint density at radius 2 is 0.535 bits per heavy atom. The first kappa shape index (κ1) is 93.6. The Kier molecular flexibility index (Phi) is 33.6. The molecule has 50 heteroatoms. The van der Waals surface area contributed by atoms with E-state index in [4.69, 9.17) is 80.5 Å². The molecule has 114 heavy (non-hydrogen) atoms. The largest absolute Gasteiger partial charge is 0.394 e. The summed E-state index contributed by atoms with van der Waals surface area (Å²) in [6.07, 6.45) is -83.8. The lowest BCUT2D eigenvalue weighted by Crippen LogP contribution is -2.71. The molecule has 9 heterocycles. The van der Waals surface area contributed by atoms with Gasteiger partial charge < -0.3 is 225 Å². The summed E-state index contributed by atoms with van der Waals surface area (Å²) in [5.74, 6) is -4.59. The first-order chi connectivity index (χ1) is 53.8. The average molecular weight is 1670 g/mol. The zero-order chi connectivity index (χ0) is 84.1. The van der Waals surface area contributed by atoms with Crippen molar-refractivity contribution in [3.8, 4) is 0 Å². The van der Waals surface area contributed by atoms with Crippen molar-refractivity contribution in [1.29, 1.82) is 0 Å². The molecule has 9 fully saturated rings. The molecule has 0 bridgehead atoms. The zero-order valence-corrected chi connectivity index (χ0v) is 61.9. The maximum Gasteiger partial charge on any atom is 0.217 e. The van der Waals surface area contributed by atoms with Crippen LogP contribution in [0.1, 0.15) is 41.5 Å². The average Bonchev–Trinajstić information content (AvgIpc) is 0.758. The van der Waals surface area contributed by atoms with Gasteiger partial charge in [-0.25, -0.2) is 0 Å². The molecule has 9 rings (SSSR count). The molecule has 0 saturated carbocycles. The van der Waals surface area contributed by atoms with Gasteiger partial charge in [-0.2, -0.15) is 0 Å². The molecule has 9 aliphatic heterocycles. The van der Waals surface area contributed by atoms with Crippen molar-refractivity contribution in [3.05, 3.63) is 0 Å². The van der Waals surface area contributed by atoms with Crippen LogP contribution in [0.2, 0.25) is 0 Å². The Labute approximate surface area is 646 Å². The summed E-state index contributed by atoms with van der Waals surface area (Å²) < 4.78 is 104. The van der Waals surface area contributed by atoms with Crippen LogP contribution in [0.25, 0.3) is 0 Å². The van der Waals surface area contributed by atoms with E-state index in [0.29, 0.717) is 0 Å². The van der Waals surface area contributed by atoms with Crippen LogP contribution in [0.3, 0.4) is 0 Å². The zero-order valence-electron chi connectivity index (χ0n) is 61.9. The van der Waals surface area contributed by atoms with Crippen molar-refractivity contribution in [1.82, 2.24) is 26.6 Å². The SMILES string of the molecule is CC(=O)N[C@@H]1[C@@H](O)[C@H](O[C@@H]2O[C@H](CO)[C@@H](O[C@@H]3O[C@H](CO[C@H]4O[C@H](CO)[C@@H](O)[C@H](O)[C@@H]4O[C@@H]4O[C@H](CO)[C@@H](O)[C@H](O)[C@H]4NC(C)=O)[C@@H](O[C@@H]4O[C@H](CO)[C@@H](O)[C@H](O)[C@H]4NC(C)=O)[C@H](O[C@@H]4O[C@H](CO)[C@@H](O)[C@H](O)[C@@H]4O[C@@H]4O[C@H](CO)[C@@H](O)[C@H](O)[C@H]4NC(C)=O)[C@@H]3O)[C@H](O)[C@H]2NC(C)=O)[C@@H](CO[C@@H]2O[C@@H](C)[C@@H](O)[C@@H](O)[C@@H]2O)O[C@H]1O. The van der Waals surface area contributed by atoms with E-state index in [-0.39, 0.29) is 0 Å². The van der Waals surface area contributed by atoms with Crippen molar-refractivity contribution in [3.63, 3.8) is 0 Å². The molecule has 0 aliphatic carbocycles. The minimum atomic E-state index is -2.70. The number of aliphatic hydroxyl groups is 23. The second-order valence-electron chi connectivity index (χ2n) is 28.9. The quantitative estimate of drug-likeness (QED) is 0.0331. The predicted molar refractivity (Wildman–Crippen MR) is 354 cm³/mol. The van der Waals surface area contributed by atoms with Crippen molar-refractivity contribution < 1.29 is 222 Å². The van der Waals surface area contributed by atoms with Gasteiger partial charge in [-0.15, -0.1) is 0 Å². The summed E-state index contributed by atoms with van der Waals surface area (Å²) in [5.41, 5.74) is 0. The number of carbonyl (C=O) groups excluding carboxylic acids is 5. The fourth-order valence-electron chi connectivity index (χ4n) is 14.7. The molecular weight excluding hydrogens is 1560 g/mol. The molecule has 0 aromatic rings. The second-order valence-corrected chi connectivity index (χ2v) is 28.9. The van der Waals surface area contributed by atoms with Gasteiger partial charge in [0.05, 0.1) is 59.0 Å². The van der Waals surface area contributed by atoms with E-state index >= 15 is 0 Å². The molecule has 0 aromatic carbocycles. The lowest BCUT2D eigenvalue weighted by Gasteiger charge is -2.52. The molecule has 0 spiro atoms. The van der Waals surface area contributed by atoms with Crippen molar-refractivity contribution in [2.24, 2.45) is 0 Å². The van der Waals surface area contributed by atoms with E-state index < -0.39 is 358 Å². The molecule has 0 unspecified atom stereocenters. The Bertz CT molecular complexity index is 3080. The highest BCUT2D eigenvalue weighted by molar-refractivity contribution is 5.75. The highest BCUT2D eigenvalue weighted by Crippen LogP contribution is 2.41. The van der Waals surface area contributed by atoms with Crippen LogP contribution in [-0.4, -0.2) is 476 Å². The number of nitrogens with one attached hydrogen (secondary N) is 5. The number of carbonyl (C=O) groups is 5. The first-order valence-electron chi connectivity index (χ1n) is 36.5. The molecule has 50 nitrogen and oxygen atoms in total. The molecule has 45 atom stereocenters. The summed E-state index contributed by atoms with van der Waals surface area (Å²) in [5, 5.41) is 270. The van der Waals surface area contributed by atoms with Gasteiger partial charge in [-0.3, -0.25) is 24.0 Å². The normalized spacial score (nSPS) is 48.2. The van der Waals surface area contributed by atoms with E-state index in [1.165, 1.54) is 6.92 Å². The van der Waals surface area contributed by atoms with Gasteiger partial charge in [-0.05, 0) is 6.92 Å². The van der Waals surface area contributed by atoms with Crippen LogP contribution >= 0.6 is 0 Å². The van der Waals surface area contributed by atoms with Gasteiger partial charge in [-0.1, -0.05) is 0 Å². The van der Waals surface area contributed by atoms with Crippen LogP contribution in [0, 0.1) is 0 Å². The number of aliphatic hydroxyl groups excluding tert-OH is 23.